The number of hydrogen-bond acceptors (Lipinski definition) is 4. The predicted molar refractivity (Wildman–Crippen MR) is 114 cm³/mol. The van der Waals surface area contributed by atoms with E-state index in [0.29, 0.717) is 23.2 Å². The van der Waals surface area contributed by atoms with Crippen LogP contribution >= 0.6 is 11.6 Å². The highest BCUT2D eigenvalue weighted by Crippen LogP contribution is 2.46. The molecule has 6 heteroatoms. The number of ketones is 1. The van der Waals surface area contributed by atoms with E-state index in [-0.39, 0.29) is 17.2 Å². The molecule has 0 bridgehead atoms. The van der Waals surface area contributed by atoms with Crippen LogP contribution in [0.25, 0.3) is 11.4 Å². The number of hydrogen-bond donors (Lipinski definition) is 1. The number of Topliss-reactive ketones (excluding diaryl/α,β-unsaturated/α-hetero) is 1. The molecular weight excluding hydrogens is 384 g/mol. The number of benzene rings is 2. The van der Waals surface area contributed by atoms with Gasteiger partial charge in [0, 0.05) is 33.8 Å². The Hall–Kier alpha value is -2.92. The van der Waals surface area contributed by atoms with Crippen molar-refractivity contribution in [3.63, 3.8) is 0 Å². The largest absolute Gasteiger partial charge is 0.328 e. The van der Waals surface area contributed by atoms with Crippen molar-refractivity contribution in [2.24, 2.45) is 5.41 Å². The van der Waals surface area contributed by atoms with E-state index in [4.69, 9.17) is 21.7 Å². The maximum Gasteiger partial charge on any atom is 0.226 e. The zero-order valence-electron chi connectivity index (χ0n) is 16.3. The molecule has 0 radical (unpaired) electrons. The Balaban J connectivity index is 1.71. The lowest BCUT2D eigenvalue weighted by Crippen LogP contribution is -2.36. The van der Waals surface area contributed by atoms with Crippen LogP contribution in [0.5, 0.6) is 0 Å². The molecule has 1 N–H and O–H groups in total. The standard InChI is InChI=1S/C23H21ClN4O/c1-23(2)12-17-19(18(29)13-23)20(15-10-6-7-11-16(15)24)28-22(25-17)26-21(27-28)14-8-4-3-5-9-14/h3-11,20H,12-13H2,1-2H3,(H,25,26,27). The molecule has 0 saturated heterocycles. The fourth-order valence-corrected chi connectivity index (χ4v) is 4.54. The van der Waals surface area contributed by atoms with Crippen LogP contribution in [0.4, 0.5) is 5.95 Å². The van der Waals surface area contributed by atoms with Crippen molar-refractivity contribution >= 4 is 23.3 Å². The summed E-state index contributed by atoms with van der Waals surface area (Å²) in [4.78, 5) is 18.0. The minimum absolute atomic E-state index is 0.0988. The van der Waals surface area contributed by atoms with Crippen LogP contribution in [-0.2, 0) is 4.79 Å². The molecule has 146 valence electrons. The second-order valence-electron chi connectivity index (χ2n) is 8.45. The molecule has 5 rings (SSSR count). The molecule has 5 nitrogen and oxygen atoms in total. The van der Waals surface area contributed by atoms with Crippen molar-refractivity contribution < 1.29 is 4.79 Å². The Bertz CT molecular complexity index is 1150. The van der Waals surface area contributed by atoms with Gasteiger partial charge in [0.1, 0.15) is 6.04 Å². The number of halogens is 1. The molecule has 2 heterocycles. The summed E-state index contributed by atoms with van der Waals surface area (Å²) in [7, 11) is 0. The molecule has 1 unspecified atom stereocenters. The first-order valence-electron chi connectivity index (χ1n) is 9.73. The van der Waals surface area contributed by atoms with Gasteiger partial charge in [-0.2, -0.15) is 4.98 Å². The van der Waals surface area contributed by atoms with Crippen LogP contribution in [-0.4, -0.2) is 20.5 Å². The first kappa shape index (κ1) is 18.1. The third-order valence-electron chi connectivity index (χ3n) is 5.56. The number of fused-ring (bicyclic) bond motifs is 1. The van der Waals surface area contributed by atoms with E-state index < -0.39 is 0 Å². The maximum atomic E-state index is 13.2. The fourth-order valence-electron chi connectivity index (χ4n) is 4.30. The van der Waals surface area contributed by atoms with Gasteiger partial charge >= 0.3 is 0 Å². The molecule has 1 atom stereocenters. The summed E-state index contributed by atoms with van der Waals surface area (Å²) < 4.78 is 1.80. The number of anilines is 1. The highest BCUT2D eigenvalue weighted by Gasteiger charge is 2.42. The Morgan fingerprint density at radius 1 is 1.07 bits per heavy atom. The van der Waals surface area contributed by atoms with Crippen molar-refractivity contribution in [2.45, 2.75) is 32.7 Å². The third-order valence-corrected chi connectivity index (χ3v) is 5.91. The molecule has 1 aliphatic carbocycles. The normalized spacial score (nSPS) is 20.1. The molecule has 2 aromatic carbocycles. The van der Waals surface area contributed by atoms with E-state index >= 15 is 0 Å². The summed E-state index contributed by atoms with van der Waals surface area (Å²) >= 11 is 6.57. The summed E-state index contributed by atoms with van der Waals surface area (Å²) in [6, 6.07) is 17.1. The number of nitrogens with one attached hydrogen (secondary N) is 1. The Morgan fingerprint density at radius 3 is 2.55 bits per heavy atom. The molecule has 0 amide bonds. The predicted octanol–water partition coefficient (Wildman–Crippen LogP) is 5.26. The van der Waals surface area contributed by atoms with E-state index in [1.54, 1.807) is 4.68 Å². The maximum absolute atomic E-state index is 13.2. The van der Waals surface area contributed by atoms with Crippen molar-refractivity contribution in [3.05, 3.63) is 76.5 Å². The van der Waals surface area contributed by atoms with Crippen LogP contribution in [0.3, 0.4) is 0 Å². The molecule has 0 spiro atoms. The Morgan fingerprint density at radius 2 is 1.79 bits per heavy atom. The molecule has 1 aromatic heterocycles. The number of nitrogens with zero attached hydrogens (tertiary/aromatic N) is 3. The smallest absolute Gasteiger partial charge is 0.226 e. The lowest BCUT2D eigenvalue weighted by Gasteiger charge is -2.38. The van der Waals surface area contributed by atoms with Crippen molar-refractivity contribution in [1.82, 2.24) is 14.8 Å². The summed E-state index contributed by atoms with van der Waals surface area (Å²) in [6.45, 7) is 4.24. The average Bonchev–Trinajstić information content (AvgIpc) is 3.10. The second-order valence-corrected chi connectivity index (χ2v) is 8.86. The Labute approximate surface area is 174 Å². The van der Waals surface area contributed by atoms with Crippen molar-refractivity contribution in [2.75, 3.05) is 5.32 Å². The van der Waals surface area contributed by atoms with Gasteiger partial charge in [-0.05, 0) is 17.9 Å². The van der Waals surface area contributed by atoms with Crippen LogP contribution < -0.4 is 5.32 Å². The van der Waals surface area contributed by atoms with Gasteiger partial charge in [-0.3, -0.25) is 4.79 Å². The molecular formula is C23H21ClN4O. The van der Waals surface area contributed by atoms with Gasteiger partial charge in [0.25, 0.3) is 0 Å². The van der Waals surface area contributed by atoms with Gasteiger partial charge in [0.2, 0.25) is 5.95 Å². The minimum Gasteiger partial charge on any atom is -0.328 e. The molecule has 2 aliphatic rings. The monoisotopic (exact) mass is 404 g/mol. The summed E-state index contributed by atoms with van der Waals surface area (Å²) in [5.74, 6) is 1.39. The van der Waals surface area contributed by atoms with Crippen LogP contribution in [0.2, 0.25) is 5.02 Å². The highest BCUT2D eigenvalue weighted by atomic mass is 35.5. The van der Waals surface area contributed by atoms with Crippen LogP contribution in [0.15, 0.2) is 65.9 Å². The van der Waals surface area contributed by atoms with Gasteiger partial charge < -0.3 is 5.32 Å². The van der Waals surface area contributed by atoms with Gasteiger partial charge in [-0.1, -0.05) is 74.0 Å². The SMILES string of the molecule is CC1(C)CC(=O)C2=C(C1)Nc1nc(-c3ccccc3)nn1C2c1ccccc1Cl. The number of rotatable bonds is 2. The lowest BCUT2D eigenvalue weighted by molar-refractivity contribution is -0.118. The van der Waals surface area contributed by atoms with Crippen LogP contribution in [0, 0.1) is 5.41 Å². The molecule has 0 fully saturated rings. The van der Waals surface area contributed by atoms with E-state index in [1.165, 1.54) is 0 Å². The van der Waals surface area contributed by atoms with Gasteiger partial charge in [-0.25, -0.2) is 4.68 Å². The zero-order valence-corrected chi connectivity index (χ0v) is 17.1. The van der Waals surface area contributed by atoms with E-state index in [1.807, 2.05) is 54.6 Å². The van der Waals surface area contributed by atoms with Crippen LogP contribution in [0.1, 0.15) is 38.3 Å². The summed E-state index contributed by atoms with van der Waals surface area (Å²) in [6.07, 6.45) is 1.28. The quantitative estimate of drug-likeness (QED) is 0.633. The topological polar surface area (TPSA) is 59.8 Å². The lowest BCUT2D eigenvalue weighted by atomic mass is 9.73. The van der Waals surface area contributed by atoms with E-state index in [9.17, 15) is 4.79 Å². The van der Waals surface area contributed by atoms with Gasteiger partial charge in [0.05, 0.1) is 0 Å². The van der Waals surface area contributed by atoms with Gasteiger partial charge in [-0.15, -0.1) is 5.10 Å². The zero-order chi connectivity index (χ0) is 20.2. The second kappa shape index (κ2) is 6.56. The van der Waals surface area contributed by atoms with E-state index in [2.05, 4.69) is 19.2 Å². The number of allylic oxidation sites excluding steroid dienone is 2. The number of carbonyl (C=O) groups is 1. The molecule has 29 heavy (non-hydrogen) atoms. The van der Waals surface area contributed by atoms with Gasteiger partial charge in [0.15, 0.2) is 11.6 Å². The molecule has 1 aliphatic heterocycles. The minimum atomic E-state index is -0.386. The van der Waals surface area contributed by atoms with E-state index in [0.717, 1.165) is 28.8 Å². The van der Waals surface area contributed by atoms with Crippen molar-refractivity contribution in [3.8, 4) is 11.4 Å². The average molecular weight is 405 g/mol. The number of aromatic nitrogens is 3. The summed E-state index contributed by atoms with van der Waals surface area (Å²) in [5, 5.41) is 8.80. The highest BCUT2D eigenvalue weighted by molar-refractivity contribution is 6.31. The fraction of sp³-hybridized carbons (Fsp3) is 0.261. The third kappa shape index (κ3) is 3.06. The summed E-state index contributed by atoms with van der Waals surface area (Å²) in [5.41, 5.74) is 3.36. The van der Waals surface area contributed by atoms with Crippen molar-refractivity contribution in [1.29, 1.82) is 0 Å². The first-order valence-corrected chi connectivity index (χ1v) is 10.1. The Kier molecular flexibility index (Phi) is 4.10. The first-order chi connectivity index (χ1) is 13.9. The molecule has 3 aromatic rings. The molecule has 0 saturated carbocycles. The number of carbonyl (C=O) groups excluding carboxylic acids is 1.